The fourth-order valence-corrected chi connectivity index (χ4v) is 6.01. The molecule has 1 amide bonds. The highest BCUT2D eigenvalue weighted by molar-refractivity contribution is 8.00. The van der Waals surface area contributed by atoms with E-state index >= 15 is 0 Å². The van der Waals surface area contributed by atoms with Crippen molar-refractivity contribution < 1.29 is 14.3 Å². The van der Waals surface area contributed by atoms with Crippen molar-refractivity contribution in [3.05, 3.63) is 24.5 Å². The first kappa shape index (κ1) is 19.7. The number of rotatable bonds is 5. The lowest BCUT2D eigenvalue weighted by molar-refractivity contribution is -0.113. The van der Waals surface area contributed by atoms with Crippen molar-refractivity contribution in [3.63, 3.8) is 0 Å². The van der Waals surface area contributed by atoms with Gasteiger partial charge in [0.2, 0.25) is 5.91 Å². The number of thioether (sulfide) groups is 2. The minimum absolute atomic E-state index is 0.110. The Morgan fingerprint density at radius 2 is 2.00 bits per heavy atom. The Labute approximate surface area is 185 Å². The van der Waals surface area contributed by atoms with Crippen LogP contribution < -0.4 is 19.7 Å². The number of benzene rings is 1. The highest BCUT2D eigenvalue weighted by Crippen LogP contribution is 2.35. The maximum atomic E-state index is 12.5. The summed E-state index contributed by atoms with van der Waals surface area (Å²) in [4.78, 5) is 28.1. The van der Waals surface area contributed by atoms with E-state index in [0.29, 0.717) is 36.0 Å². The Morgan fingerprint density at radius 1 is 1.17 bits per heavy atom. The molecule has 4 heterocycles. The number of ether oxygens (including phenoxy) is 2. The van der Waals surface area contributed by atoms with Gasteiger partial charge in [0.05, 0.1) is 5.75 Å². The Kier molecular flexibility index (Phi) is 5.82. The molecule has 1 N–H and O–H groups in total. The van der Waals surface area contributed by atoms with Crippen molar-refractivity contribution in [2.45, 2.75) is 5.03 Å². The Morgan fingerprint density at radius 3 is 2.87 bits per heavy atom. The molecule has 1 fully saturated rings. The van der Waals surface area contributed by atoms with Gasteiger partial charge in [0.25, 0.3) is 0 Å². The van der Waals surface area contributed by atoms with E-state index in [2.05, 4.69) is 25.2 Å². The summed E-state index contributed by atoms with van der Waals surface area (Å²) in [6.07, 6.45) is 1.51. The van der Waals surface area contributed by atoms with Crippen LogP contribution in [-0.4, -0.2) is 64.4 Å². The Balaban J connectivity index is 1.25. The van der Waals surface area contributed by atoms with Gasteiger partial charge in [-0.2, -0.15) is 16.7 Å². The second-order valence-corrected chi connectivity index (χ2v) is 9.79. The van der Waals surface area contributed by atoms with Gasteiger partial charge in [-0.3, -0.25) is 4.79 Å². The number of fused-ring (bicyclic) bond motifs is 2. The van der Waals surface area contributed by atoms with Gasteiger partial charge < -0.3 is 19.7 Å². The summed E-state index contributed by atoms with van der Waals surface area (Å²) in [5, 5.41) is 4.67. The topological polar surface area (TPSA) is 89.5 Å². The Hall–Kier alpha value is -2.24. The molecule has 30 heavy (non-hydrogen) atoms. The van der Waals surface area contributed by atoms with Crippen molar-refractivity contribution in [1.82, 2.24) is 15.0 Å². The van der Waals surface area contributed by atoms with E-state index in [1.807, 2.05) is 23.9 Å². The standard InChI is InChI=1S/C19H19N5O3S3/c25-15(22-12-1-2-13-14(9-12)27-6-5-26-13)10-29-18-16-17(20-11-21-18)23-19(30-16)24-3-7-28-8-4-24/h1-2,9,11H,3-8,10H2,(H,22,25). The first-order chi connectivity index (χ1) is 14.8. The third-order valence-corrected chi connectivity index (χ3v) is 7.77. The molecule has 11 heteroatoms. The molecule has 2 aromatic heterocycles. The van der Waals surface area contributed by atoms with Gasteiger partial charge in [0.15, 0.2) is 22.3 Å². The number of nitrogens with zero attached hydrogens (tertiary/aromatic N) is 4. The molecule has 0 radical (unpaired) electrons. The van der Waals surface area contributed by atoms with Gasteiger partial charge in [-0.05, 0) is 12.1 Å². The molecule has 0 saturated carbocycles. The third kappa shape index (κ3) is 4.28. The van der Waals surface area contributed by atoms with Crippen LogP contribution >= 0.6 is 34.9 Å². The van der Waals surface area contributed by atoms with Gasteiger partial charge >= 0.3 is 0 Å². The van der Waals surface area contributed by atoms with E-state index in [9.17, 15) is 4.79 Å². The lowest BCUT2D eigenvalue weighted by Gasteiger charge is -2.25. The molecule has 1 saturated heterocycles. The first-order valence-corrected chi connectivity index (χ1v) is 12.5. The lowest BCUT2D eigenvalue weighted by Crippen LogP contribution is -2.32. The van der Waals surface area contributed by atoms with Gasteiger partial charge in [-0.1, -0.05) is 23.1 Å². The summed E-state index contributed by atoms with van der Waals surface area (Å²) < 4.78 is 12.0. The first-order valence-electron chi connectivity index (χ1n) is 9.53. The van der Waals surface area contributed by atoms with Crippen LogP contribution in [0.4, 0.5) is 10.8 Å². The summed E-state index contributed by atoms with van der Waals surface area (Å²) in [5.74, 6) is 3.71. The number of carbonyl (C=O) groups excluding carboxylic acids is 1. The quantitative estimate of drug-likeness (QED) is 0.455. The third-order valence-electron chi connectivity index (χ3n) is 4.59. The number of hydrogen-bond donors (Lipinski definition) is 1. The summed E-state index contributed by atoms with van der Waals surface area (Å²) in [7, 11) is 0. The van der Waals surface area contributed by atoms with Crippen LogP contribution in [0.15, 0.2) is 29.6 Å². The zero-order valence-corrected chi connectivity index (χ0v) is 18.4. The van der Waals surface area contributed by atoms with Crippen LogP contribution in [0.5, 0.6) is 11.5 Å². The molecule has 0 unspecified atom stereocenters. The van der Waals surface area contributed by atoms with Crippen LogP contribution in [0.25, 0.3) is 10.3 Å². The molecule has 8 nitrogen and oxygen atoms in total. The summed E-state index contributed by atoms with van der Waals surface area (Å²) in [5.41, 5.74) is 1.37. The maximum absolute atomic E-state index is 12.5. The number of nitrogens with one attached hydrogen (secondary N) is 1. The van der Waals surface area contributed by atoms with Crippen LogP contribution in [0.1, 0.15) is 0 Å². The van der Waals surface area contributed by atoms with Crippen molar-refractivity contribution in [1.29, 1.82) is 0 Å². The van der Waals surface area contributed by atoms with Crippen molar-refractivity contribution >= 4 is 61.9 Å². The molecule has 5 rings (SSSR count). The molecule has 2 aliphatic heterocycles. The predicted molar refractivity (Wildman–Crippen MR) is 122 cm³/mol. The van der Waals surface area contributed by atoms with Crippen LogP contribution in [-0.2, 0) is 4.79 Å². The summed E-state index contributed by atoms with van der Waals surface area (Å²) >= 11 is 4.96. The fraction of sp³-hybridized carbons (Fsp3) is 0.368. The van der Waals surface area contributed by atoms with Gasteiger partial charge in [0, 0.05) is 36.3 Å². The van der Waals surface area contributed by atoms with E-state index < -0.39 is 0 Å². The maximum Gasteiger partial charge on any atom is 0.234 e. The highest BCUT2D eigenvalue weighted by atomic mass is 32.2. The SMILES string of the molecule is O=C(CSc1ncnc2nc(N3CCSCC3)sc12)Nc1ccc2c(c1)OCCO2. The smallest absolute Gasteiger partial charge is 0.234 e. The zero-order chi connectivity index (χ0) is 20.3. The normalized spacial score (nSPS) is 15.9. The average molecular weight is 462 g/mol. The van der Waals surface area contributed by atoms with E-state index in [-0.39, 0.29) is 11.7 Å². The molecule has 0 atom stereocenters. The fourth-order valence-electron chi connectivity index (χ4n) is 3.17. The van der Waals surface area contributed by atoms with E-state index in [1.54, 1.807) is 17.4 Å². The number of aromatic nitrogens is 3. The van der Waals surface area contributed by atoms with Crippen molar-refractivity contribution in [2.75, 3.05) is 53.8 Å². The molecule has 2 aliphatic rings. The minimum Gasteiger partial charge on any atom is -0.486 e. The second-order valence-electron chi connectivity index (χ2n) is 6.62. The van der Waals surface area contributed by atoms with Crippen LogP contribution in [0, 0.1) is 0 Å². The zero-order valence-electron chi connectivity index (χ0n) is 16.0. The summed E-state index contributed by atoms with van der Waals surface area (Å²) in [6, 6.07) is 5.40. The number of amides is 1. The van der Waals surface area contributed by atoms with E-state index in [0.717, 1.165) is 39.5 Å². The molecule has 0 bridgehead atoms. The largest absolute Gasteiger partial charge is 0.486 e. The van der Waals surface area contributed by atoms with Crippen molar-refractivity contribution in [2.24, 2.45) is 0 Å². The number of thiazole rings is 1. The van der Waals surface area contributed by atoms with Gasteiger partial charge in [-0.25, -0.2) is 9.97 Å². The van der Waals surface area contributed by atoms with Crippen molar-refractivity contribution in [3.8, 4) is 11.5 Å². The molecule has 156 valence electrons. The monoisotopic (exact) mass is 461 g/mol. The number of hydrogen-bond acceptors (Lipinski definition) is 10. The predicted octanol–water partition coefficient (Wildman–Crippen LogP) is 3.14. The van der Waals surface area contributed by atoms with Gasteiger partial charge in [-0.15, -0.1) is 0 Å². The second kappa shape index (κ2) is 8.86. The molecule has 3 aromatic rings. The highest BCUT2D eigenvalue weighted by Gasteiger charge is 2.19. The van der Waals surface area contributed by atoms with Crippen LogP contribution in [0.2, 0.25) is 0 Å². The minimum atomic E-state index is -0.110. The van der Waals surface area contributed by atoms with E-state index in [4.69, 9.17) is 9.47 Å². The molecular weight excluding hydrogens is 442 g/mol. The lowest BCUT2D eigenvalue weighted by atomic mass is 10.2. The molecular formula is C19H19N5O3S3. The average Bonchev–Trinajstić information content (AvgIpc) is 3.23. The van der Waals surface area contributed by atoms with Gasteiger partial charge in [0.1, 0.15) is 29.3 Å². The van der Waals surface area contributed by atoms with E-state index in [1.165, 1.54) is 18.1 Å². The molecule has 0 spiro atoms. The molecule has 1 aromatic carbocycles. The Bertz CT molecular complexity index is 1070. The molecule has 0 aliphatic carbocycles. The number of anilines is 2. The van der Waals surface area contributed by atoms with Crippen LogP contribution in [0.3, 0.4) is 0 Å². The number of carbonyl (C=O) groups is 1. The summed E-state index contributed by atoms with van der Waals surface area (Å²) in [6.45, 7) is 3.05.